The van der Waals surface area contributed by atoms with Crippen LogP contribution in [0.1, 0.15) is 0 Å². The molecule has 0 aliphatic rings. The first kappa shape index (κ1) is 29.4. The van der Waals surface area contributed by atoms with Crippen LogP contribution >= 0.6 is 0 Å². The molecule has 2 nitrogen and oxygen atoms in total. The summed E-state index contributed by atoms with van der Waals surface area (Å²) < 4.78 is 0. The van der Waals surface area contributed by atoms with Crippen molar-refractivity contribution in [2.45, 2.75) is 0 Å². The summed E-state index contributed by atoms with van der Waals surface area (Å²) in [6.45, 7) is 0. The van der Waals surface area contributed by atoms with Crippen LogP contribution in [-0.4, -0.2) is 0 Å². The summed E-state index contributed by atoms with van der Waals surface area (Å²) in [5.41, 5.74) is 6.90. The first-order valence-electron chi connectivity index (χ1n) is 18.4. The van der Waals surface area contributed by atoms with Crippen molar-refractivity contribution in [2.75, 3.05) is 0 Å². The summed E-state index contributed by atoms with van der Waals surface area (Å²) in [5.74, 6) is 0. The average Bonchev–Trinajstić information content (AvgIpc) is 3.92. The predicted molar refractivity (Wildman–Crippen MR) is 228 cm³/mol. The van der Waals surface area contributed by atoms with Gasteiger partial charge in [-0.1, -0.05) is 158 Å². The van der Waals surface area contributed by atoms with E-state index >= 15 is 0 Å². The number of benzene rings is 8. The van der Waals surface area contributed by atoms with Crippen LogP contribution in [-0.2, 0) is 0 Å². The number of rotatable bonds is 4. The highest BCUT2D eigenvalue weighted by Crippen LogP contribution is 2.52. The van der Waals surface area contributed by atoms with Gasteiger partial charge in [0.1, 0.15) is 0 Å². The largest absolute Gasteiger partial charge is 0.289 e. The third-order valence-electron chi connectivity index (χ3n) is 11.9. The number of hydrogen-bond donors (Lipinski definition) is 0. The smallest absolute Gasteiger partial charge is 0.195 e. The van der Waals surface area contributed by atoms with Crippen LogP contribution in [0.4, 0.5) is 0 Å². The minimum Gasteiger partial charge on any atom is -0.289 e. The van der Waals surface area contributed by atoms with Gasteiger partial charge in [-0.05, 0) is 88.2 Å². The lowest BCUT2D eigenvalue weighted by Crippen LogP contribution is -2.02. The maximum Gasteiger partial charge on any atom is 0.195 e. The van der Waals surface area contributed by atoms with Gasteiger partial charge in [0.05, 0.1) is 0 Å². The molecule has 0 saturated heterocycles. The molecule has 12 rings (SSSR count). The summed E-state index contributed by atoms with van der Waals surface area (Å²) in [6, 6.07) is 58.3. The first-order chi connectivity index (χ1) is 26.7. The molecule has 0 radical (unpaired) electrons. The van der Waals surface area contributed by atoms with E-state index in [1.165, 1.54) is 10.8 Å². The van der Waals surface area contributed by atoms with E-state index in [2.05, 4.69) is 97.1 Å². The van der Waals surface area contributed by atoms with Crippen molar-refractivity contribution in [2.24, 2.45) is 0 Å². The maximum atomic E-state index is 14.7. The highest BCUT2D eigenvalue weighted by atomic mass is 16.1. The summed E-state index contributed by atoms with van der Waals surface area (Å²) in [5, 5.41) is 15.4. The van der Waals surface area contributed by atoms with Crippen LogP contribution in [0.15, 0.2) is 179 Å². The maximum absolute atomic E-state index is 14.7. The molecule has 248 valence electrons. The van der Waals surface area contributed by atoms with Gasteiger partial charge in [0, 0.05) is 43.8 Å². The minimum atomic E-state index is 0.0683. The van der Waals surface area contributed by atoms with Crippen molar-refractivity contribution < 1.29 is 0 Å². The minimum absolute atomic E-state index is 0.0683. The highest BCUT2D eigenvalue weighted by molar-refractivity contribution is 6.45. The molecular weight excluding hydrogens is 657 g/mol. The Balaban J connectivity index is 1.31. The third kappa shape index (κ3) is 3.69. The van der Waals surface area contributed by atoms with Crippen molar-refractivity contribution in [1.82, 2.24) is 0 Å². The number of fused-ring (bicyclic) bond motifs is 9. The van der Waals surface area contributed by atoms with Crippen LogP contribution in [0.25, 0.3) is 120 Å². The molecule has 0 heterocycles. The van der Waals surface area contributed by atoms with Crippen molar-refractivity contribution in [3.05, 3.63) is 190 Å². The Morgan fingerprint density at radius 1 is 0.222 bits per heavy atom. The molecule has 0 aromatic heterocycles. The van der Waals surface area contributed by atoms with Gasteiger partial charge in [0.25, 0.3) is 0 Å². The van der Waals surface area contributed by atoms with Crippen LogP contribution < -0.4 is 10.9 Å². The standard InChI is InChI=1S/C52H28O2/c53-51-41(29-15-5-1-6-16-29)47-35-25-13-23-33-38-28-40-46-34(37(38)27-39(45(33)35)49(47)43(51)31-19-9-3-10-20-31)24-14-26-36(46)48-42(30-17-7-2-8-18-30)52(54)44(50(40)48)32-21-11-4-12-22-32/h1-28H. The Hall–Kier alpha value is -7.16. The van der Waals surface area contributed by atoms with Gasteiger partial charge in [-0.3, -0.25) is 9.59 Å². The van der Waals surface area contributed by atoms with Crippen LogP contribution in [0.5, 0.6) is 0 Å². The molecule has 0 amide bonds. The molecule has 0 fully saturated rings. The van der Waals surface area contributed by atoms with Crippen molar-refractivity contribution in [1.29, 1.82) is 0 Å². The van der Waals surface area contributed by atoms with Crippen LogP contribution in [0.2, 0.25) is 0 Å². The van der Waals surface area contributed by atoms with Crippen molar-refractivity contribution in [3.63, 3.8) is 0 Å². The summed E-state index contributed by atoms with van der Waals surface area (Å²) in [7, 11) is 0. The Morgan fingerprint density at radius 2 is 0.500 bits per heavy atom. The summed E-state index contributed by atoms with van der Waals surface area (Å²) in [6.07, 6.45) is 0. The fourth-order valence-electron chi connectivity index (χ4n) is 9.78. The van der Waals surface area contributed by atoms with E-state index in [0.29, 0.717) is 0 Å². The van der Waals surface area contributed by atoms with Gasteiger partial charge < -0.3 is 0 Å². The zero-order valence-electron chi connectivity index (χ0n) is 29.0. The molecule has 12 aromatic carbocycles. The molecule has 0 atom stereocenters. The molecule has 54 heavy (non-hydrogen) atoms. The normalized spacial score (nSPS) is 12.2. The van der Waals surface area contributed by atoms with E-state index in [0.717, 1.165) is 109 Å². The SMILES string of the molecule is O=c1c(-c2ccccc2)c2c3cccc4c5cc6c7c(-c8ccccc8)c(=O)c(-c8ccccc8)c7c7cccc(c5cc(c2c1-c1ccccc1)c43)c76. The third-order valence-corrected chi connectivity index (χ3v) is 11.9. The average molecular weight is 685 g/mol. The molecule has 0 saturated carbocycles. The van der Waals surface area contributed by atoms with E-state index < -0.39 is 0 Å². The Labute approximate surface area is 309 Å². The molecule has 2 heteroatoms. The lowest BCUT2D eigenvalue weighted by Gasteiger charge is -2.11. The van der Waals surface area contributed by atoms with E-state index in [9.17, 15) is 9.59 Å². The fraction of sp³-hybridized carbons (Fsp3) is 0. The van der Waals surface area contributed by atoms with Gasteiger partial charge in [-0.15, -0.1) is 0 Å². The molecule has 0 aliphatic heterocycles. The topological polar surface area (TPSA) is 34.1 Å². The van der Waals surface area contributed by atoms with Gasteiger partial charge in [0.15, 0.2) is 10.9 Å². The molecule has 12 aromatic rings. The van der Waals surface area contributed by atoms with Crippen LogP contribution in [0.3, 0.4) is 0 Å². The summed E-state index contributed by atoms with van der Waals surface area (Å²) in [4.78, 5) is 29.4. The molecular formula is C52H28O2. The van der Waals surface area contributed by atoms with Gasteiger partial charge in [0.2, 0.25) is 0 Å². The number of hydrogen-bond acceptors (Lipinski definition) is 2. The molecule has 0 N–H and O–H groups in total. The second kappa shape index (κ2) is 10.7. The van der Waals surface area contributed by atoms with Crippen molar-refractivity contribution in [3.8, 4) is 44.5 Å². The first-order valence-corrected chi connectivity index (χ1v) is 18.4. The Bertz CT molecular complexity index is 3300. The van der Waals surface area contributed by atoms with E-state index in [1.54, 1.807) is 0 Å². The Kier molecular flexibility index (Phi) is 5.83. The highest BCUT2D eigenvalue weighted by Gasteiger charge is 2.29. The molecule has 0 aliphatic carbocycles. The lowest BCUT2D eigenvalue weighted by molar-refractivity contribution is 1.61. The monoisotopic (exact) mass is 684 g/mol. The lowest BCUT2D eigenvalue weighted by atomic mass is 9.91. The molecule has 0 bridgehead atoms. The van der Waals surface area contributed by atoms with Gasteiger partial charge >= 0.3 is 0 Å². The summed E-state index contributed by atoms with van der Waals surface area (Å²) >= 11 is 0. The second-order valence-corrected chi connectivity index (χ2v) is 14.5. The van der Waals surface area contributed by atoms with Gasteiger partial charge in [-0.25, -0.2) is 0 Å². The quantitative estimate of drug-likeness (QED) is 0.173. The van der Waals surface area contributed by atoms with Gasteiger partial charge in [-0.2, -0.15) is 0 Å². The molecule has 0 spiro atoms. The van der Waals surface area contributed by atoms with Crippen LogP contribution in [0, 0.1) is 0 Å². The second-order valence-electron chi connectivity index (χ2n) is 14.5. The van der Waals surface area contributed by atoms with E-state index in [-0.39, 0.29) is 10.9 Å². The molecule has 0 unspecified atom stereocenters. The fourth-order valence-corrected chi connectivity index (χ4v) is 9.78. The van der Waals surface area contributed by atoms with E-state index in [4.69, 9.17) is 0 Å². The van der Waals surface area contributed by atoms with Crippen molar-refractivity contribution >= 4 is 75.4 Å². The Morgan fingerprint density at radius 3 is 0.815 bits per heavy atom. The predicted octanol–water partition coefficient (Wildman–Crippen LogP) is 12.9. The zero-order chi connectivity index (χ0) is 35.7. The van der Waals surface area contributed by atoms with E-state index in [1.807, 2.05) is 72.8 Å². The zero-order valence-corrected chi connectivity index (χ0v) is 29.0.